The molecule has 0 atom stereocenters. The summed E-state index contributed by atoms with van der Waals surface area (Å²) in [5, 5.41) is 12.7. The van der Waals surface area contributed by atoms with Gasteiger partial charge in [-0.05, 0) is 37.0 Å². The number of nitrogens with one attached hydrogen (secondary N) is 1. The molecule has 2 nitrogen and oxygen atoms in total. The zero-order valence-corrected chi connectivity index (χ0v) is 11.3. The molecule has 3 heteroatoms. The highest BCUT2D eigenvalue weighted by atomic mass is 35.5. The van der Waals surface area contributed by atoms with E-state index >= 15 is 0 Å². The molecule has 1 saturated carbocycles. The van der Waals surface area contributed by atoms with Crippen LogP contribution in [-0.4, -0.2) is 6.54 Å². The smallest absolute Gasteiger partial charge is 0.0992 e. The van der Waals surface area contributed by atoms with E-state index in [0.717, 1.165) is 18.2 Å². The second-order valence-electron chi connectivity index (χ2n) is 5.03. The van der Waals surface area contributed by atoms with E-state index in [-0.39, 0.29) is 0 Å². The molecule has 0 unspecified atom stereocenters. The van der Waals surface area contributed by atoms with Gasteiger partial charge in [-0.15, -0.1) is 0 Å². The van der Waals surface area contributed by atoms with Crippen LogP contribution in [0, 0.1) is 17.2 Å². The van der Waals surface area contributed by atoms with Gasteiger partial charge < -0.3 is 5.32 Å². The molecule has 1 fully saturated rings. The van der Waals surface area contributed by atoms with Crippen molar-refractivity contribution in [1.29, 1.82) is 5.26 Å². The second-order valence-corrected chi connectivity index (χ2v) is 5.43. The van der Waals surface area contributed by atoms with Gasteiger partial charge in [0.05, 0.1) is 22.3 Å². The first-order valence-corrected chi connectivity index (χ1v) is 7.11. The fourth-order valence-corrected chi connectivity index (χ4v) is 2.89. The lowest BCUT2D eigenvalue weighted by Crippen LogP contribution is -2.04. The minimum atomic E-state index is 0.608. The Kier molecular flexibility index (Phi) is 4.90. The lowest BCUT2D eigenvalue weighted by Gasteiger charge is -2.11. The van der Waals surface area contributed by atoms with E-state index in [0.29, 0.717) is 10.6 Å². The Morgan fingerprint density at radius 3 is 2.78 bits per heavy atom. The lowest BCUT2D eigenvalue weighted by molar-refractivity contribution is 0.491. The number of benzene rings is 1. The van der Waals surface area contributed by atoms with Crippen LogP contribution in [0.15, 0.2) is 18.2 Å². The molecule has 0 aliphatic heterocycles. The van der Waals surface area contributed by atoms with E-state index < -0.39 is 0 Å². The summed E-state index contributed by atoms with van der Waals surface area (Å²) in [5.74, 6) is 0.947. The van der Waals surface area contributed by atoms with E-state index in [2.05, 4.69) is 11.4 Å². The van der Waals surface area contributed by atoms with Gasteiger partial charge in [0.2, 0.25) is 0 Å². The number of anilines is 1. The quantitative estimate of drug-likeness (QED) is 0.788. The molecule has 0 spiro atoms. The summed E-state index contributed by atoms with van der Waals surface area (Å²) in [4.78, 5) is 0. The van der Waals surface area contributed by atoms with Crippen molar-refractivity contribution in [2.75, 3.05) is 11.9 Å². The van der Waals surface area contributed by atoms with Gasteiger partial charge in [0.25, 0.3) is 0 Å². The zero-order valence-electron chi connectivity index (χ0n) is 10.6. The number of hydrogen-bond donors (Lipinski definition) is 1. The highest BCUT2D eigenvalue weighted by molar-refractivity contribution is 6.33. The summed E-state index contributed by atoms with van der Waals surface area (Å²) >= 11 is 6.10. The van der Waals surface area contributed by atoms with Crippen molar-refractivity contribution < 1.29 is 0 Å². The molecule has 1 aromatic carbocycles. The Morgan fingerprint density at radius 2 is 2.11 bits per heavy atom. The van der Waals surface area contributed by atoms with E-state index in [4.69, 9.17) is 16.9 Å². The van der Waals surface area contributed by atoms with Crippen molar-refractivity contribution >= 4 is 17.3 Å². The highest BCUT2D eigenvalue weighted by Gasteiger charge is 2.13. The average Bonchev–Trinajstić information content (AvgIpc) is 2.89. The second kappa shape index (κ2) is 6.66. The Morgan fingerprint density at radius 1 is 1.33 bits per heavy atom. The van der Waals surface area contributed by atoms with Crippen LogP contribution in [0.2, 0.25) is 5.02 Å². The average molecular weight is 263 g/mol. The van der Waals surface area contributed by atoms with Crippen molar-refractivity contribution in [3.63, 3.8) is 0 Å². The van der Waals surface area contributed by atoms with E-state index in [9.17, 15) is 0 Å². The summed E-state index contributed by atoms with van der Waals surface area (Å²) in [6.07, 6.45) is 8.18. The molecule has 1 aromatic rings. The van der Waals surface area contributed by atoms with Gasteiger partial charge in [0, 0.05) is 6.54 Å². The van der Waals surface area contributed by atoms with Crippen molar-refractivity contribution in [3.8, 4) is 6.07 Å². The molecule has 96 valence electrons. The molecule has 1 N–H and O–H groups in total. The maximum absolute atomic E-state index is 8.76. The Bertz CT molecular complexity index is 431. The number of nitriles is 1. The van der Waals surface area contributed by atoms with Gasteiger partial charge in [0.1, 0.15) is 0 Å². The van der Waals surface area contributed by atoms with Gasteiger partial charge in [-0.2, -0.15) is 5.26 Å². The maximum Gasteiger partial charge on any atom is 0.0992 e. The van der Waals surface area contributed by atoms with Gasteiger partial charge in [-0.25, -0.2) is 0 Å². The first-order valence-electron chi connectivity index (χ1n) is 6.73. The molecule has 0 amide bonds. The van der Waals surface area contributed by atoms with Gasteiger partial charge >= 0.3 is 0 Å². The molecule has 18 heavy (non-hydrogen) atoms. The fraction of sp³-hybridized carbons (Fsp3) is 0.533. The van der Waals surface area contributed by atoms with Crippen molar-refractivity contribution in [2.45, 2.75) is 38.5 Å². The van der Waals surface area contributed by atoms with Crippen LogP contribution in [0.25, 0.3) is 0 Å². The van der Waals surface area contributed by atoms with Crippen LogP contribution in [-0.2, 0) is 0 Å². The number of rotatable bonds is 5. The standard InChI is InChI=1S/C15H19ClN2/c16-14-10-13(11-17)7-8-15(14)18-9-3-6-12-4-1-2-5-12/h7-8,10,12,18H,1-6,9H2. The Hall–Kier alpha value is -1.20. The molecular formula is C15H19ClN2. The van der Waals surface area contributed by atoms with Gasteiger partial charge in [0.15, 0.2) is 0 Å². The molecule has 1 aliphatic rings. The normalized spacial score (nSPS) is 15.6. The fourth-order valence-electron chi connectivity index (χ4n) is 2.64. The predicted octanol–water partition coefficient (Wildman–Crippen LogP) is 4.59. The van der Waals surface area contributed by atoms with Crippen LogP contribution in [0.3, 0.4) is 0 Å². The van der Waals surface area contributed by atoms with Crippen LogP contribution in [0.5, 0.6) is 0 Å². The third-order valence-corrected chi connectivity index (χ3v) is 3.99. The minimum absolute atomic E-state index is 0.608. The van der Waals surface area contributed by atoms with E-state index in [1.54, 1.807) is 12.1 Å². The largest absolute Gasteiger partial charge is 0.384 e. The number of halogens is 1. The third kappa shape index (κ3) is 3.65. The molecule has 2 rings (SSSR count). The molecule has 0 saturated heterocycles. The van der Waals surface area contributed by atoms with Gasteiger partial charge in [-0.1, -0.05) is 37.3 Å². The monoisotopic (exact) mass is 262 g/mol. The number of nitrogens with zero attached hydrogens (tertiary/aromatic N) is 1. The molecule has 0 aromatic heterocycles. The topological polar surface area (TPSA) is 35.8 Å². The van der Waals surface area contributed by atoms with E-state index in [1.165, 1.54) is 38.5 Å². The maximum atomic E-state index is 8.76. The van der Waals surface area contributed by atoms with Gasteiger partial charge in [-0.3, -0.25) is 0 Å². The predicted molar refractivity (Wildman–Crippen MR) is 75.8 cm³/mol. The minimum Gasteiger partial charge on any atom is -0.384 e. The first kappa shape index (κ1) is 13.2. The van der Waals surface area contributed by atoms with Crippen LogP contribution in [0.1, 0.15) is 44.1 Å². The SMILES string of the molecule is N#Cc1ccc(NCCCC2CCCC2)c(Cl)c1. The molecule has 0 heterocycles. The Balaban J connectivity index is 1.74. The summed E-state index contributed by atoms with van der Waals surface area (Å²) in [6, 6.07) is 7.48. The summed E-state index contributed by atoms with van der Waals surface area (Å²) in [7, 11) is 0. The third-order valence-electron chi connectivity index (χ3n) is 3.68. The zero-order chi connectivity index (χ0) is 12.8. The Labute approximate surface area is 114 Å². The summed E-state index contributed by atoms with van der Waals surface area (Å²) in [6.45, 7) is 0.960. The van der Waals surface area contributed by atoms with Crippen LogP contribution >= 0.6 is 11.6 Å². The summed E-state index contributed by atoms with van der Waals surface area (Å²) in [5.41, 5.74) is 1.54. The molecule has 0 bridgehead atoms. The molecular weight excluding hydrogens is 244 g/mol. The molecule has 1 aliphatic carbocycles. The molecule has 0 radical (unpaired) electrons. The van der Waals surface area contributed by atoms with Crippen molar-refractivity contribution in [2.24, 2.45) is 5.92 Å². The van der Waals surface area contributed by atoms with E-state index in [1.807, 2.05) is 6.07 Å². The first-order chi connectivity index (χ1) is 8.79. The summed E-state index contributed by atoms with van der Waals surface area (Å²) < 4.78 is 0. The van der Waals surface area contributed by atoms with Crippen LogP contribution in [0.4, 0.5) is 5.69 Å². The van der Waals surface area contributed by atoms with Crippen LogP contribution < -0.4 is 5.32 Å². The lowest BCUT2D eigenvalue weighted by atomic mass is 10.0. The van der Waals surface area contributed by atoms with Crippen molar-refractivity contribution in [3.05, 3.63) is 28.8 Å². The number of hydrogen-bond acceptors (Lipinski definition) is 2. The highest BCUT2D eigenvalue weighted by Crippen LogP contribution is 2.28. The van der Waals surface area contributed by atoms with Crippen molar-refractivity contribution in [1.82, 2.24) is 0 Å².